The number of rotatable bonds is 6. The molecule has 6 heteroatoms. The van der Waals surface area contributed by atoms with E-state index in [1.807, 2.05) is 36.4 Å². The van der Waals surface area contributed by atoms with Gasteiger partial charge in [0.05, 0.1) is 19.3 Å². The quantitative estimate of drug-likeness (QED) is 0.597. The third-order valence-corrected chi connectivity index (χ3v) is 4.32. The molecule has 0 fully saturated rings. The Morgan fingerprint density at radius 1 is 1.00 bits per heavy atom. The molecule has 0 saturated carbocycles. The SMILES string of the molecule is OCCNC[C@H](O)Cn1c2ccc(Cl)cc2c2cc(Cl)ccc21. The van der Waals surface area contributed by atoms with E-state index in [0.29, 0.717) is 29.7 Å². The molecule has 0 spiro atoms. The van der Waals surface area contributed by atoms with Gasteiger partial charge < -0.3 is 20.1 Å². The first-order chi connectivity index (χ1) is 11.1. The van der Waals surface area contributed by atoms with Crippen LogP contribution in [0.2, 0.25) is 10.0 Å². The highest BCUT2D eigenvalue weighted by Crippen LogP contribution is 2.32. The van der Waals surface area contributed by atoms with E-state index in [2.05, 4.69) is 9.88 Å². The molecule has 3 aromatic rings. The fourth-order valence-electron chi connectivity index (χ4n) is 2.87. The topological polar surface area (TPSA) is 57.4 Å². The number of benzene rings is 2. The van der Waals surface area contributed by atoms with Crippen LogP contribution >= 0.6 is 23.2 Å². The van der Waals surface area contributed by atoms with Crippen LogP contribution in [0.1, 0.15) is 0 Å². The number of aromatic nitrogens is 1. The van der Waals surface area contributed by atoms with Gasteiger partial charge in [0.15, 0.2) is 0 Å². The summed E-state index contributed by atoms with van der Waals surface area (Å²) in [5.74, 6) is 0. The number of halogens is 2. The van der Waals surface area contributed by atoms with Crippen molar-refractivity contribution < 1.29 is 10.2 Å². The molecule has 1 aromatic heterocycles. The monoisotopic (exact) mass is 352 g/mol. The van der Waals surface area contributed by atoms with E-state index in [4.69, 9.17) is 28.3 Å². The molecule has 0 aliphatic carbocycles. The number of fused-ring (bicyclic) bond motifs is 3. The van der Waals surface area contributed by atoms with Crippen LogP contribution in [0.15, 0.2) is 36.4 Å². The average molecular weight is 353 g/mol. The van der Waals surface area contributed by atoms with Gasteiger partial charge in [0.25, 0.3) is 0 Å². The van der Waals surface area contributed by atoms with E-state index in [9.17, 15) is 5.11 Å². The Hall–Kier alpha value is -1.30. The number of nitrogens with zero attached hydrogens (tertiary/aromatic N) is 1. The molecule has 0 aliphatic rings. The highest BCUT2D eigenvalue weighted by atomic mass is 35.5. The van der Waals surface area contributed by atoms with Crippen molar-refractivity contribution in [1.82, 2.24) is 9.88 Å². The number of hydrogen-bond acceptors (Lipinski definition) is 3. The van der Waals surface area contributed by atoms with Gasteiger partial charge in [0.2, 0.25) is 0 Å². The predicted molar refractivity (Wildman–Crippen MR) is 95.4 cm³/mol. The minimum atomic E-state index is -0.563. The van der Waals surface area contributed by atoms with Crippen LogP contribution in [0.3, 0.4) is 0 Å². The molecule has 2 aromatic carbocycles. The van der Waals surface area contributed by atoms with Crippen LogP contribution in [0.4, 0.5) is 0 Å². The van der Waals surface area contributed by atoms with Gasteiger partial charge in [0, 0.05) is 44.9 Å². The van der Waals surface area contributed by atoms with Crippen molar-refractivity contribution in [3.05, 3.63) is 46.4 Å². The van der Waals surface area contributed by atoms with E-state index < -0.39 is 6.10 Å². The highest BCUT2D eigenvalue weighted by molar-refractivity contribution is 6.33. The molecule has 0 bridgehead atoms. The fraction of sp³-hybridized carbons (Fsp3) is 0.294. The normalized spacial score (nSPS) is 13.0. The lowest BCUT2D eigenvalue weighted by Crippen LogP contribution is -2.31. The van der Waals surface area contributed by atoms with Crippen LogP contribution in [0.25, 0.3) is 21.8 Å². The lowest BCUT2D eigenvalue weighted by molar-refractivity contribution is 0.151. The van der Waals surface area contributed by atoms with Crippen molar-refractivity contribution in [3.63, 3.8) is 0 Å². The van der Waals surface area contributed by atoms with Gasteiger partial charge in [-0.3, -0.25) is 0 Å². The number of hydrogen-bond donors (Lipinski definition) is 3. The molecule has 1 heterocycles. The van der Waals surface area contributed by atoms with Crippen LogP contribution in [0, 0.1) is 0 Å². The Balaban J connectivity index is 2.03. The zero-order valence-electron chi connectivity index (χ0n) is 12.5. The molecule has 23 heavy (non-hydrogen) atoms. The summed E-state index contributed by atoms with van der Waals surface area (Å²) in [7, 11) is 0. The van der Waals surface area contributed by atoms with Crippen molar-refractivity contribution in [2.75, 3.05) is 19.7 Å². The maximum atomic E-state index is 10.3. The standard InChI is InChI=1S/C17H18Cl2N2O2/c18-11-1-3-16-14(7-11)15-8-12(19)2-4-17(15)21(16)10-13(23)9-20-5-6-22/h1-4,7-8,13,20,22-23H,5-6,9-10H2/t13-/m0/s1. The zero-order chi connectivity index (χ0) is 16.4. The molecule has 3 rings (SSSR count). The van der Waals surface area contributed by atoms with Gasteiger partial charge in [0.1, 0.15) is 0 Å². The van der Waals surface area contributed by atoms with E-state index in [1.54, 1.807) is 0 Å². The van der Waals surface area contributed by atoms with Crippen molar-refractivity contribution >= 4 is 45.0 Å². The first kappa shape index (κ1) is 16.6. The number of aliphatic hydroxyl groups is 2. The molecule has 0 saturated heterocycles. The van der Waals surface area contributed by atoms with Gasteiger partial charge in [-0.2, -0.15) is 0 Å². The molecular formula is C17H18Cl2N2O2. The van der Waals surface area contributed by atoms with Crippen LogP contribution in [-0.4, -0.2) is 40.6 Å². The van der Waals surface area contributed by atoms with Crippen LogP contribution in [0.5, 0.6) is 0 Å². The highest BCUT2D eigenvalue weighted by Gasteiger charge is 2.14. The van der Waals surface area contributed by atoms with Gasteiger partial charge in [-0.15, -0.1) is 0 Å². The van der Waals surface area contributed by atoms with Crippen molar-refractivity contribution in [3.8, 4) is 0 Å². The fourth-order valence-corrected chi connectivity index (χ4v) is 3.21. The van der Waals surface area contributed by atoms with E-state index in [-0.39, 0.29) is 6.61 Å². The second kappa shape index (κ2) is 7.07. The first-order valence-corrected chi connectivity index (χ1v) is 8.22. The third kappa shape index (κ3) is 3.47. The predicted octanol–water partition coefficient (Wildman–Crippen LogP) is 3.04. The van der Waals surface area contributed by atoms with Gasteiger partial charge in [-0.25, -0.2) is 0 Å². The molecular weight excluding hydrogens is 335 g/mol. The van der Waals surface area contributed by atoms with Crippen LogP contribution in [-0.2, 0) is 6.54 Å². The van der Waals surface area contributed by atoms with Gasteiger partial charge in [-0.05, 0) is 36.4 Å². The van der Waals surface area contributed by atoms with Crippen molar-refractivity contribution in [1.29, 1.82) is 0 Å². The number of aliphatic hydroxyl groups excluding tert-OH is 2. The zero-order valence-corrected chi connectivity index (χ0v) is 14.0. The maximum Gasteiger partial charge on any atom is 0.0843 e. The average Bonchev–Trinajstić information content (AvgIpc) is 2.80. The summed E-state index contributed by atoms with van der Waals surface area (Å²) in [6.45, 7) is 1.39. The summed E-state index contributed by atoms with van der Waals surface area (Å²) >= 11 is 12.3. The molecule has 0 radical (unpaired) electrons. The largest absolute Gasteiger partial charge is 0.395 e. The molecule has 0 unspecified atom stereocenters. The summed E-state index contributed by atoms with van der Waals surface area (Å²) in [6.07, 6.45) is -0.563. The Labute approximate surface area is 144 Å². The second-order valence-electron chi connectivity index (χ2n) is 5.52. The smallest absolute Gasteiger partial charge is 0.0843 e. The Morgan fingerprint density at radius 3 is 2.09 bits per heavy atom. The molecule has 0 amide bonds. The maximum absolute atomic E-state index is 10.3. The summed E-state index contributed by atoms with van der Waals surface area (Å²) in [4.78, 5) is 0. The second-order valence-corrected chi connectivity index (χ2v) is 6.39. The molecule has 1 atom stereocenters. The van der Waals surface area contributed by atoms with Crippen molar-refractivity contribution in [2.45, 2.75) is 12.6 Å². The summed E-state index contributed by atoms with van der Waals surface area (Å²) in [5, 5.41) is 25.4. The lowest BCUT2D eigenvalue weighted by atomic mass is 10.1. The molecule has 122 valence electrons. The first-order valence-electron chi connectivity index (χ1n) is 7.47. The van der Waals surface area contributed by atoms with Gasteiger partial charge in [-0.1, -0.05) is 23.2 Å². The lowest BCUT2D eigenvalue weighted by Gasteiger charge is -2.14. The Morgan fingerprint density at radius 2 is 1.57 bits per heavy atom. The minimum absolute atomic E-state index is 0.0547. The minimum Gasteiger partial charge on any atom is -0.395 e. The summed E-state index contributed by atoms with van der Waals surface area (Å²) < 4.78 is 2.07. The number of nitrogens with one attached hydrogen (secondary N) is 1. The molecule has 3 N–H and O–H groups in total. The van der Waals surface area contributed by atoms with E-state index >= 15 is 0 Å². The van der Waals surface area contributed by atoms with Crippen LogP contribution < -0.4 is 5.32 Å². The third-order valence-electron chi connectivity index (χ3n) is 3.85. The van der Waals surface area contributed by atoms with E-state index in [1.165, 1.54) is 0 Å². The summed E-state index contributed by atoms with van der Waals surface area (Å²) in [6, 6.07) is 11.4. The Bertz CT molecular complexity index is 773. The van der Waals surface area contributed by atoms with Gasteiger partial charge >= 0.3 is 0 Å². The molecule has 0 aliphatic heterocycles. The Kier molecular flexibility index (Phi) is 5.09. The van der Waals surface area contributed by atoms with E-state index in [0.717, 1.165) is 21.8 Å². The summed E-state index contributed by atoms with van der Waals surface area (Å²) in [5.41, 5.74) is 2.01. The van der Waals surface area contributed by atoms with Crippen molar-refractivity contribution in [2.24, 2.45) is 0 Å². The molecule has 4 nitrogen and oxygen atoms in total.